The average Bonchev–Trinajstić information content (AvgIpc) is 2.81. The van der Waals surface area contributed by atoms with Crippen LogP contribution in [0.4, 0.5) is 5.69 Å². The molecule has 1 heterocycles. The summed E-state index contributed by atoms with van der Waals surface area (Å²) in [6.45, 7) is 1.72. The number of fused-ring (bicyclic) bond motifs is 1. The maximum atomic E-state index is 12.0. The molecule has 2 aliphatic carbocycles. The standard InChI is InChI=1S/C14H19N5O3/c1-8-12(19(21)22)6-16-18(8)9-4-10-11(5-9)13(10)14(20)15-7-17(2)3/h6-7,9-11,13H,4-5H2,1-3H3/b15-7+. The smallest absolute Gasteiger partial charge is 0.309 e. The summed E-state index contributed by atoms with van der Waals surface area (Å²) < 4.78 is 1.74. The molecule has 0 aromatic carbocycles. The van der Waals surface area contributed by atoms with Crippen LogP contribution in [0.5, 0.6) is 0 Å². The van der Waals surface area contributed by atoms with Crippen molar-refractivity contribution in [2.75, 3.05) is 14.1 Å². The van der Waals surface area contributed by atoms with E-state index < -0.39 is 4.92 Å². The zero-order chi connectivity index (χ0) is 16.0. The predicted octanol–water partition coefficient (Wildman–Crippen LogP) is 1.41. The van der Waals surface area contributed by atoms with Crippen LogP contribution in [0.3, 0.4) is 0 Å². The molecule has 0 spiro atoms. The molecular weight excluding hydrogens is 286 g/mol. The Morgan fingerprint density at radius 3 is 2.64 bits per heavy atom. The highest BCUT2D eigenvalue weighted by atomic mass is 16.6. The Balaban J connectivity index is 1.63. The Labute approximate surface area is 128 Å². The molecule has 0 saturated heterocycles. The summed E-state index contributed by atoms with van der Waals surface area (Å²) in [6.07, 6.45) is 4.54. The van der Waals surface area contributed by atoms with Gasteiger partial charge in [0.05, 0.1) is 17.3 Å². The minimum Gasteiger partial charge on any atom is -0.369 e. The molecular formula is C14H19N5O3. The second-order valence-electron chi connectivity index (χ2n) is 6.34. The Bertz CT molecular complexity index is 639. The van der Waals surface area contributed by atoms with Crippen molar-refractivity contribution < 1.29 is 9.72 Å². The van der Waals surface area contributed by atoms with Crippen molar-refractivity contribution in [3.8, 4) is 0 Å². The van der Waals surface area contributed by atoms with E-state index in [0.717, 1.165) is 12.8 Å². The van der Waals surface area contributed by atoms with Crippen LogP contribution in [0.2, 0.25) is 0 Å². The number of carbonyl (C=O) groups is 1. The summed E-state index contributed by atoms with van der Waals surface area (Å²) in [7, 11) is 3.65. The van der Waals surface area contributed by atoms with Gasteiger partial charge in [0, 0.05) is 20.0 Å². The Morgan fingerprint density at radius 1 is 1.50 bits per heavy atom. The fraction of sp³-hybridized carbons (Fsp3) is 0.643. The Hall–Kier alpha value is -2.25. The zero-order valence-corrected chi connectivity index (χ0v) is 12.8. The van der Waals surface area contributed by atoms with E-state index in [-0.39, 0.29) is 23.6 Å². The molecule has 8 heteroatoms. The number of aromatic nitrogens is 2. The van der Waals surface area contributed by atoms with Gasteiger partial charge in [0.15, 0.2) is 0 Å². The van der Waals surface area contributed by atoms with Gasteiger partial charge in [-0.05, 0) is 31.6 Å². The quantitative estimate of drug-likeness (QED) is 0.363. The molecule has 1 aromatic rings. The minimum absolute atomic E-state index is 0.0262. The lowest BCUT2D eigenvalue weighted by Gasteiger charge is -2.15. The minimum atomic E-state index is -0.406. The number of hydrogen-bond acceptors (Lipinski definition) is 4. The van der Waals surface area contributed by atoms with E-state index in [1.54, 1.807) is 16.5 Å². The third-order valence-electron chi connectivity index (χ3n) is 4.68. The third-order valence-corrected chi connectivity index (χ3v) is 4.68. The van der Waals surface area contributed by atoms with E-state index in [4.69, 9.17) is 0 Å². The monoisotopic (exact) mass is 305 g/mol. The van der Waals surface area contributed by atoms with Crippen LogP contribution >= 0.6 is 0 Å². The molecule has 1 amide bonds. The van der Waals surface area contributed by atoms with E-state index in [2.05, 4.69) is 10.1 Å². The van der Waals surface area contributed by atoms with Crippen molar-refractivity contribution in [3.63, 3.8) is 0 Å². The normalized spacial score (nSPS) is 29.6. The lowest BCUT2D eigenvalue weighted by molar-refractivity contribution is -0.385. The Kier molecular flexibility index (Phi) is 3.46. The number of amides is 1. The topological polar surface area (TPSA) is 93.6 Å². The predicted molar refractivity (Wildman–Crippen MR) is 79.5 cm³/mol. The fourth-order valence-corrected chi connectivity index (χ4v) is 3.60. The first-order chi connectivity index (χ1) is 10.4. The molecule has 0 aliphatic heterocycles. The van der Waals surface area contributed by atoms with E-state index in [1.165, 1.54) is 12.5 Å². The summed E-state index contributed by atoms with van der Waals surface area (Å²) >= 11 is 0. The maximum Gasteiger partial charge on any atom is 0.309 e. The van der Waals surface area contributed by atoms with Gasteiger partial charge in [0.2, 0.25) is 0 Å². The first-order valence-electron chi connectivity index (χ1n) is 7.33. The summed E-state index contributed by atoms with van der Waals surface area (Å²) in [4.78, 5) is 28.2. The first-order valence-corrected chi connectivity index (χ1v) is 7.33. The van der Waals surface area contributed by atoms with Gasteiger partial charge in [0.1, 0.15) is 11.9 Å². The molecule has 3 rings (SSSR count). The highest BCUT2D eigenvalue weighted by Crippen LogP contribution is 2.61. The van der Waals surface area contributed by atoms with Crippen molar-refractivity contribution >= 4 is 17.9 Å². The van der Waals surface area contributed by atoms with Crippen LogP contribution in [-0.2, 0) is 4.79 Å². The van der Waals surface area contributed by atoms with Crippen LogP contribution in [0.1, 0.15) is 24.6 Å². The number of carbonyl (C=O) groups excluding carboxylic acids is 1. The second kappa shape index (κ2) is 5.19. The van der Waals surface area contributed by atoms with Crippen LogP contribution in [0, 0.1) is 34.8 Å². The molecule has 2 aliphatic rings. The van der Waals surface area contributed by atoms with Crippen molar-refractivity contribution in [1.82, 2.24) is 14.7 Å². The van der Waals surface area contributed by atoms with Crippen LogP contribution in [0.25, 0.3) is 0 Å². The SMILES string of the molecule is Cc1c([N+](=O)[O-])cnn1C1CC2C(C1)C2C(=O)/N=C/N(C)C. The largest absolute Gasteiger partial charge is 0.369 e. The van der Waals surface area contributed by atoms with Gasteiger partial charge in [-0.25, -0.2) is 4.99 Å². The highest BCUT2D eigenvalue weighted by Gasteiger charge is 2.60. The highest BCUT2D eigenvalue weighted by molar-refractivity contribution is 5.88. The van der Waals surface area contributed by atoms with Crippen molar-refractivity contribution in [2.24, 2.45) is 22.7 Å². The van der Waals surface area contributed by atoms with Gasteiger partial charge in [-0.1, -0.05) is 0 Å². The van der Waals surface area contributed by atoms with E-state index in [0.29, 0.717) is 17.5 Å². The molecule has 8 nitrogen and oxygen atoms in total. The Morgan fingerprint density at radius 2 is 2.14 bits per heavy atom. The molecule has 1 aromatic heterocycles. The fourth-order valence-electron chi connectivity index (χ4n) is 3.60. The van der Waals surface area contributed by atoms with E-state index in [1.807, 2.05) is 14.1 Å². The maximum absolute atomic E-state index is 12.0. The van der Waals surface area contributed by atoms with Crippen molar-refractivity contribution in [3.05, 3.63) is 22.0 Å². The summed E-state index contributed by atoms with van der Waals surface area (Å²) in [6, 6.07) is 0.158. The van der Waals surface area contributed by atoms with Gasteiger partial charge < -0.3 is 4.90 Å². The summed E-state index contributed by atoms with van der Waals surface area (Å²) in [5.74, 6) is 0.669. The van der Waals surface area contributed by atoms with Crippen molar-refractivity contribution in [2.45, 2.75) is 25.8 Å². The third kappa shape index (κ3) is 2.38. The molecule has 118 valence electrons. The lowest BCUT2D eigenvalue weighted by atomic mass is 10.1. The van der Waals surface area contributed by atoms with Crippen LogP contribution < -0.4 is 0 Å². The van der Waals surface area contributed by atoms with Gasteiger partial charge in [-0.15, -0.1) is 0 Å². The van der Waals surface area contributed by atoms with E-state index in [9.17, 15) is 14.9 Å². The molecule has 0 N–H and O–H groups in total. The van der Waals surface area contributed by atoms with E-state index >= 15 is 0 Å². The zero-order valence-electron chi connectivity index (χ0n) is 12.8. The number of nitro groups is 1. The average molecular weight is 305 g/mol. The van der Waals surface area contributed by atoms with Gasteiger partial charge in [0.25, 0.3) is 5.91 Å². The van der Waals surface area contributed by atoms with Gasteiger partial charge in [-0.3, -0.25) is 19.6 Å². The molecule has 2 atom stereocenters. The molecule has 2 fully saturated rings. The number of nitrogens with zero attached hydrogens (tertiary/aromatic N) is 5. The summed E-state index contributed by atoms with van der Waals surface area (Å²) in [5.41, 5.74) is 0.647. The number of rotatable bonds is 4. The van der Waals surface area contributed by atoms with Crippen LogP contribution in [0.15, 0.2) is 11.2 Å². The molecule has 22 heavy (non-hydrogen) atoms. The van der Waals surface area contributed by atoms with Gasteiger partial charge >= 0.3 is 5.69 Å². The van der Waals surface area contributed by atoms with Crippen molar-refractivity contribution in [1.29, 1.82) is 0 Å². The van der Waals surface area contributed by atoms with Crippen LogP contribution in [-0.4, -0.2) is 45.9 Å². The molecule has 2 saturated carbocycles. The lowest BCUT2D eigenvalue weighted by Crippen LogP contribution is -2.15. The molecule has 0 bridgehead atoms. The molecule has 0 radical (unpaired) electrons. The molecule has 2 unspecified atom stereocenters. The van der Waals surface area contributed by atoms with Gasteiger partial charge in [-0.2, -0.15) is 5.10 Å². The first kappa shape index (κ1) is 14.7. The summed E-state index contributed by atoms with van der Waals surface area (Å²) in [5, 5.41) is 15.0. The number of hydrogen-bond donors (Lipinski definition) is 0. The number of aliphatic imine (C=N–C) groups is 1. The second-order valence-corrected chi connectivity index (χ2v) is 6.34.